The van der Waals surface area contributed by atoms with Crippen LogP contribution in [0.1, 0.15) is 19.8 Å². The molecule has 0 N–H and O–H groups in total. The first kappa shape index (κ1) is 12.8. The molecule has 1 rings (SSSR count). The van der Waals surface area contributed by atoms with Crippen molar-refractivity contribution in [1.29, 1.82) is 0 Å². The van der Waals surface area contributed by atoms with Crippen molar-refractivity contribution < 1.29 is 9.53 Å². The van der Waals surface area contributed by atoms with Crippen LogP contribution in [0.25, 0.3) is 0 Å². The van der Waals surface area contributed by atoms with Gasteiger partial charge in [-0.1, -0.05) is 31.0 Å². The van der Waals surface area contributed by atoms with E-state index in [1.807, 2.05) is 0 Å². The van der Waals surface area contributed by atoms with Gasteiger partial charge in [0.05, 0.1) is 0 Å². The summed E-state index contributed by atoms with van der Waals surface area (Å²) in [4.78, 5) is 13.2. The summed E-state index contributed by atoms with van der Waals surface area (Å²) in [5.41, 5.74) is 0. The zero-order chi connectivity index (χ0) is 12.0. The van der Waals surface area contributed by atoms with Crippen molar-refractivity contribution in [2.45, 2.75) is 19.8 Å². The van der Waals surface area contributed by atoms with Gasteiger partial charge in [-0.2, -0.15) is 0 Å². The molecule has 0 fully saturated rings. The molecule has 0 saturated carbocycles. The van der Waals surface area contributed by atoms with Gasteiger partial charge in [0.25, 0.3) is 0 Å². The molecule has 88 valence electrons. The molecule has 0 aromatic heterocycles. The number of benzene rings is 1. The summed E-state index contributed by atoms with van der Waals surface area (Å²) in [6, 6.07) is 6.81. The van der Waals surface area contributed by atoms with Crippen LogP contribution in [-0.2, 0) is 0 Å². The molecule has 1 amide bonds. The van der Waals surface area contributed by atoms with Crippen LogP contribution < -0.4 is 4.74 Å². The number of rotatable bonds is 4. The number of nitrogens with zero attached hydrogens (tertiary/aromatic N) is 1. The molecule has 0 radical (unpaired) electrons. The highest BCUT2D eigenvalue weighted by Crippen LogP contribution is 2.17. The Morgan fingerprint density at radius 1 is 1.50 bits per heavy atom. The van der Waals surface area contributed by atoms with E-state index in [1.54, 1.807) is 36.2 Å². The lowest BCUT2D eigenvalue weighted by Gasteiger charge is -2.16. The molecule has 4 heteroatoms. The number of hydrogen-bond acceptors (Lipinski definition) is 2. The Morgan fingerprint density at radius 3 is 2.88 bits per heavy atom. The molecule has 0 atom stereocenters. The lowest BCUT2D eigenvalue weighted by Crippen LogP contribution is -2.30. The van der Waals surface area contributed by atoms with Crippen molar-refractivity contribution in [2.24, 2.45) is 0 Å². The van der Waals surface area contributed by atoms with Crippen LogP contribution in [0.4, 0.5) is 4.79 Å². The van der Waals surface area contributed by atoms with E-state index in [9.17, 15) is 4.79 Å². The first-order chi connectivity index (χ1) is 7.63. The molecule has 0 saturated heterocycles. The smallest absolute Gasteiger partial charge is 0.410 e. The molecule has 0 aliphatic heterocycles. The van der Waals surface area contributed by atoms with Gasteiger partial charge in [-0.05, 0) is 24.6 Å². The molecule has 1 aromatic carbocycles. The van der Waals surface area contributed by atoms with Crippen molar-refractivity contribution in [2.75, 3.05) is 13.6 Å². The summed E-state index contributed by atoms with van der Waals surface area (Å²) in [7, 11) is 1.72. The average molecular weight is 242 g/mol. The van der Waals surface area contributed by atoms with Gasteiger partial charge in [0.2, 0.25) is 0 Å². The normalized spacial score (nSPS) is 9.94. The van der Waals surface area contributed by atoms with E-state index >= 15 is 0 Å². The largest absolute Gasteiger partial charge is 0.414 e. The standard InChI is InChI=1S/C12H16ClNO2/c1-3-4-8-14(2)12(15)16-11-7-5-6-10(13)9-11/h5-7,9H,3-4,8H2,1-2H3. The third-order valence-electron chi connectivity index (χ3n) is 2.16. The van der Waals surface area contributed by atoms with Crippen LogP contribution in [0.3, 0.4) is 0 Å². The minimum absolute atomic E-state index is 0.351. The molecule has 0 bridgehead atoms. The van der Waals surface area contributed by atoms with Crippen LogP contribution in [0.5, 0.6) is 5.75 Å². The molecule has 1 aromatic rings. The van der Waals surface area contributed by atoms with E-state index < -0.39 is 0 Å². The number of carbonyl (C=O) groups is 1. The molecule has 0 heterocycles. The molecular formula is C12H16ClNO2. The van der Waals surface area contributed by atoms with Crippen LogP contribution in [0.2, 0.25) is 5.02 Å². The van der Waals surface area contributed by atoms with Gasteiger partial charge in [-0.25, -0.2) is 4.79 Å². The minimum atomic E-state index is -0.351. The van der Waals surface area contributed by atoms with E-state index in [0.29, 0.717) is 17.3 Å². The Labute approximate surface area is 101 Å². The first-order valence-electron chi connectivity index (χ1n) is 5.32. The van der Waals surface area contributed by atoms with Gasteiger partial charge < -0.3 is 9.64 Å². The van der Waals surface area contributed by atoms with E-state index in [4.69, 9.17) is 16.3 Å². The summed E-state index contributed by atoms with van der Waals surface area (Å²) < 4.78 is 5.16. The van der Waals surface area contributed by atoms with Crippen LogP contribution in [0, 0.1) is 0 Å². The number of hydrogen-bond donors (Lipinski definition) is 0. The molecule has 16 heavy (non-hydrogen) atoms. The number of halogens is 1. The first-order valence-corrected chi connectivity index (χ1v) is 5.69. The molecule has 0 spiro atoms. The fourth-order valence-corrected chi connectivity index (χ4v) is 1.38. The maximum absolute atomic E-state index is 11.6. The second-order valence-electron chi connectivity index (χ2n) is 3.60. The van der Waals surface area contributed by atoms with Crippen LogP contribution in [0.15, 0.2) is 24.3 Å². The summed E-state index contributed by atoms with van der Waals surface area (Å²) >= 11 is 5.79. The number of carbonyl (C=O) groups excluding carboxylic acids is 1. The number of ether oxygens (including phenoxy) is 1. The number of amides is 1. The topological polar surface area (TPSA) is 29.5 Å². The predicted octanol–water partition coefficient (Wildman–Crippen LogP) is 3.57. The molecule has 0 aliphatic carbocycles. The Hall–Kier alpha value is -1.22. The van der Waals surface area contributed by atoms with Crippen molar-refractivity contribution in [3.63, 3.8) is 0 Å². The molecular weight excluding hydrogens is 226 g/mol. The van der Waals surface area contributed by atoms with Crippen LogP contribution in [-0.4, -0.2) is 24.6 Å². The zero-order valence-electron chi connectivity index (χ0n) is 9.57. The zero-order valence-corrected chi connectivity index (χ0v) is 10.3. The van der Waals surface area contributed by atoms with Crippen molar-refractivity contribution >= 4 is 17.7 Å². The SMILES string of the molecule is CCCCN(C)C(=O)Oc1cccc(Cl)c1. The average Bonchev–Trinajstić information content (AvgIpc) is 2.25. The van der Waals surface area contributed by atoms with Crippen molar-refractivity contribution in [3.8, 4) is 5.75 Å². The second kappa shape index (κ2) is 6.38. The summed E-state index contributed by atoms with van der Waals surface area (Å²) in [5.74, 6) is 0.473. The highest BCUT2D eigenvalue weighted by Gasteiger charge is 2.10. The summed E-state index contributed by atoms with van der Waals surface area (Å²) in [5, 5.41) is 0.557. The van der Waals surface area contributed by atoms with E-state index in [1.165, 1.54) is 0 Å². The minimum Gasteiger partial charge on any atom is -0.410 e. The Kier molecular flexibility index (Phi) is 5.12. The molecule has 0 unspecified atom stereocenters. The van der Waals surface area contributed by atoms with Crippen molar-refractivity contribution in [3.05, 3.63) is 29.3 Å². The third-order valence-corrected chi connectivity index (χ3v) is 2.40. The Bertz CT molecular complexity index is 355. The van der Waals surface area contributed by atoms with Gasteiger partial charge in [0, 0.05) is 18.6 Å². The highest BCUT2D eigenvalue weighted by molar-refractivity contribution is 6.30. The van der Waals surface area contributed by atoms with Crippen LogP contribution >= 0.6 is 11.6 Å². The van der Waals surface area contributed by atoms with E-state index in [-0.39, 0.29) is 6.09 Å². The lowest BCUT2D eigenvalue weighted by atomic mass is 10.3. The molecule has 0 aliphatic rings. The van der Waals surface area contributed by atoms with Gasteiger partial charge in [0.1, 0.15) is 5.75 Å². The summed E-state index contributed by atoms with van der Waals surface area (Å²) in [6.07, 6.45) is 1.67. The fraction of sp³-hybridized carbons (Fsp3) is 0.417. The Morgan fingerprint density at radius 2 is 2.25 bits per heavy atom. The maximum atomic E-state index is 11.6. The predicted molar refractivity (Wildman–Crippen MR) is 65.0 cm³/mol. The lowest BCUT2D eigenvalue weighted by molar-refractivity contribution is 0.162. The number of unbranched alkanes of at least 4 members (excludes halogenated alkanes) is 1. The summed E-state index contributed by atoms with van der Waals surface area (Å²) in [6.45, 7) is 2.78. The van der Waals surface area contributed by atoms with Gasteiger partial charge in [-0.15, -0.1) is 0 Å². The monoisotopic (exact) mass is 241 g/mol. The van der Waals surface area contributed by atoms with Gasteiger partial charge in [0.15, 0.2) is 0 Å². The molecule has 3 nitrogen and oxygen atoms in total. The Balaban J connectivity index is 2.50. The van der Waals surface area contributed by atoms with E-state index in [2.05, 4.69) is 6.92 Å². The third kappa shape index (κ3) is 4.11. The fourth-order valence-electron chi connectivity index (χ4n) is 1.20. The van der Waals surface area contributed by atoms with Gasteiger partial charge in [-0.3, -0.25) is 0 Å². The highest BCUT2D eigenvalue weighted by atomic mass is 35.5. The second-order valence-corrected chi connectivity index (χ2v) is 4.04. The van der Waals surface area contributed by atoms with E-state index in [0.717, 1.165) is 12.8 Å². The van der Waals surface area contributed by atoms with Gasteiger partial charge >= 0.3 is 6.09 Å². The maximum Gasteiger partial charge on any atom is 0.414 e. The quantitative estimate of drug-likeness (QED) is 0.807. The van der Waals surface area contributed by atoms with Crippen molar-refractivity contribution in [1.82, 2.24) is 4.90 Å².